The lowest BCUT2D eigenvalue weighted by molar-refractivity contribution is 1.14. The Morgan fingerprint density at radius 1 is 0.870 bits per heavy atom. The van der Waals surface area contributed by atoms with Crippen LogP contribution in [0.3, 0.4) is 0 Å². The molecule has 3 nitrogen and oxygen atoms in total. The van der Waals surface area contributed by atoms with Gasteiger partial charge in [-0.25, -0.2) is 4.98 Å². The maximum absolute atomic E-state index is 4.69. The monoisotopic (exact) mass is 299 g/mol. The summed E-state index contributed by atoms with van der Waals surface area (Å²) in [6, 6.07) is 20.8. The number of nitrogens with zero attached hydrogens (tertiary/aromatic N) is 2. The zero-order chi connectivity index (χ0) is 15.6. The van der Waals surface area contributed by atoms with Crippen molar-refractivity contribution in [2.45, 2.75) is 13.3 Å². The number of nitrogens with one attached hydrogen (secondary N) is 1. The number of benzene rings is 3. The minimum atomic E-state index is 0.761. The molecule has 4 aromatic rings. The third-order valence-electron chi connectivity index (χ3n) is 4.04. The Kier molecular flexibility index (Phi) is 3.39. The third kappa shape index (κ3) is 2.73. The minimum Gasteiger partial charge on any atom is -0.339 e. The molecule has 0 aliphatic rings. The van der Waals surface area contributed by atoms with Crippen molar-refractivity contribution in [1.29, 1.82) is 0 Å². The molecular formula is C20H17N3. The van der Waals surface area contributed by atoms with E-state index in [4.69, 9.17) is 0 Å². The highest BCUT2D eigenvalue weighted by molar-refractivity contribution is 5.95. The largest absolute Gasteiger partial charge is 0.339 e. The van der Waals surface area contributed by atoms with Crippen molar-refractivity contribution in [2.75, 3.05) is 5.32 Å². The second-order valence-electron chi connectivity index (χ2n) is 5.62. The van der Waals surface area contributed by atoms with Crippen LogP contribution in [0.15, 0.2) is 66.9 Å². The number of hydrogen-bond donors (Lipinski definition) is 1. The van der Waals surface area contributed by atoms with Crippen LogP contribution < -0.4 is 5.32 Å². The van der Waals surface area contributed by atoms with Crippen molar-refractivity contribution in [2.24, 2.45) is 0 Å². The topological polar surface area (TPSA) is 37.8 Å². The Balaban J connectivity index is 1.71. The van der Waals surface area contributed by atoms with Crippen LogP contribution >= 0.6 is 0 Å². The molecule has 4 rings (SSSR count). The number of aromatic nitrogens is 2. The van der Waals surface area contributed by atoms with Gasteiger partial charge in [-0.1, -0.05) is 43.3 Å². The Labute approximate surface area is 135 Å². The average molecular weight is 299 g/mol. The molecule has 3 heteroatoms. The predicted octanol–water partition coefficient (Wildman–Crippen LogP) is 5.09. The summed E-state index contributed by atoms with van der Waals surface area (Å²) in [6.45, 7) is 2.15. The van der Waals surface area contributed by atoms with Crippen molar-refractivity contribution in [3.05, 3.63) is 72.4 Å². The molecule has 0 radical (unpaired) electrons. The van der Waals surface area contributed by atoms with Gasteiger partial charge in [-0.2, -0.15) is 0 Å². The summed E-state index contributed by atoms with van der Waals surface area (Å²) in [7, 11) is 0. The quantitative estimate of drug-likeness (QED) is 0.535. The Morgan fingerprint density at radius 2 is 1.57 bits per heavy atom. The van der Waals surface area contributed by atoms with Crippen LogP contribution in [0, 0.1) is 0 Å². The summed E-state index contributed by atoms with van der Waals surface area (Å²) in [6.07, 6.45) is 2.83. The first-order valence-corrected chi connectivity index (χ1v) is 7.83. The Hall–Kier alpha value is -2.94. The molecule has 0 spiro atoms. The number of aryl methyl sites for hydroxylation is 1. The zero-order valence-corrected chi connectivity index (χ0v) is 13.0. The second kappa shape index (κ2) is 5.69. The van der Waals surface area contributed by atoms with Gasteiger partial charge in [0.2, 0.25) is 0 Å². The van der Waals surface area contributed by atoms with Gasteiger partial charge in [0, 0.05) is 5.69 Å². The first kappa shape index (κ1) is 13.7. The molecule has 23 heavy (non-hydrogen) atoms. The SMILES string of the molecule is CCc1ccc(Nc2cnc3cc4ccccc4cc3n2)cc1. The van der Waals surface area contributed by atoms with Crippen LogP contribution in [0.2, 0.25) is 0 Å². The molecule has 1 aromatic heterocycles. The third-order valence-corrected chi connectivity index (χ3v) is 4.04. The van der Waals surface area contributed by atoms with Crippen molar-refractivity contribution >= 4 is 33.3 Å². The summed E-state index contributed by atoms with van der Waals surface area (Å²) in [5.41, 5.74) is 4.16. The van der Waals surface area contributed by atoms with Crippen molar-refractivity contribution in [1.82, 2.24) is 9.97 Å². The van der Waals surface area contributed by atoms with E-state index >= 15 is 0 Å². The lowest BCUT2D eigenvalue weighted by Gasteiger charge is -2.07. The number of anilines is 2. The van der Waals surface area contributed by atoms with Crippen molar-refractivity contribution in [3.8, 4) is 0 Å². The van der Waals surface area contributed by atoms with Crippen LogP contribution in [-0.4, -0.2) is 9.97 Å². The minimum absolute atomic E-state index is 0.761. The molecule has 1 N–H and O–H groups in total. The van der Waals surface area contributed by atoms with Crippen LogP contribution in [0.4, 0.5) is 11.5 Å². The molecule has 0 saturated carbocycles. The van der Waals surface area contributed by atoms with E-state index in [9.17, 15) is 0 Å². The standard InChI is InChI=1S/C20H17N3/c1-2-14-7-9-17(10-8-14)22-20-13-21-18-11-15-5-3-4-6-16(15)12-19(18)23-20/h3-13H,2H2,1H3,(H,22,23). The van der Waals surface area contributed by atoms with Crippen molar-refractivity contribution < 1.29 is 0 Å². The molecular weight excluding hydrogens is 282 g/mol. The Morgan fingerprint density at radius 3 is 2.26 bits per heavy atom. The highest BCUT2D eigenvalue weighted by Gasteiger charge is 2.03. The van der Waals surface area contributed by atoms with E-state index in [1.807, 2.05) is 12.1 Å². The number of rotatable bonds is 3. The van der Waals surface area contributed by atoms with Gasteiger partial charge < -0.3 is 5.32 Å². The zero-order valence-electron chi connectivity index (χ0n) is 13.0. The van der Waals surface area contributed by atoms with E-state index < -0.39 is 0 Å². The lowest BCUT2D eigenvalue weighted by Crippen LogP contribution is -1.95. The van der Waals surface area contributed by atoms with E-state index in [1.165, 1.54) is 16.3 Å². The highest BCUT2D eigenvalue weighted by Crippen LogP contribution is 2.22. The maximum Gasteiger partial charge on any atom is 0.149 e. The molecule has 0 fully saturated rings. The molecule has 0 saturated heterocycles. The molecule has 3 aromatic carbocycles. The van der Waals surface area contributed by atoms with E-state index in [2.05, 4.69) is 70.7 Å². The van der Waals surface area contributed by atoms with E-state index in [0.717, 1.165) is 29.0 Å². The molecule has 112 valence electrons. The first-order chi connectivity index (χ1) is 11.3. The van der Waals surface area contributed by atoms with Crippen LogP contribution in [0.1, 0.15) is 12.5 Å². The van der Waals surface area contributed by atoms with Gasteiger partial charge in [-0.15, -0.1) is 0 Å². The summed E-state index contributed by atoms with van der Waals surface area (Å²) in [5.74, 6) is 0.761. The first-order valence-electron chi connectivity index (χ1n) is 7.83. The van der Waals surface area contributed by atoms with E-state index in [0.29, 0.717) is 0 Å². The summed E-state index contributed by atoms with van der Waals surface area (Å²) in [4.78, 5) is 9.23. The fourth-order valence-corrected chi connectivity index (χ4v) is 2.73. The molecule has 0 amide bonds. The van der Waals surface area contributed by atoms with Crippen LogP contribution in [0.25, 0.3) is 21.8 Å². The van der Waals surface area contributed by atoms with Gasteiger partial charge >= 0.3 is 0 Å². The predicted molar refractivity (Wildman–Crippen MR) is 96.1 cm³/mol. The second-order valence-corrected chi connectivity index (χ2v) is 5.62. The molecule has 0 aliphatic heterocycles. The Bertz CT molecular complexity index is 975. The molecule has 0 bridgehead atoms. The molecule has 1 heterocycles. The molecule has 0 aliphatic carbocycles. The van der Waals surface area contributed by atoms with Crippen molar-refractivity contribution in [3.63, 3.8) is 0 Å². The fourth-order valence-electron chi connectivity index (χ4n) is 2.73. The van der Waals surface area contributed by atoms with Crippen LogP contribution in [-0.2, 0) is 6.42 Å². The number of fused-ring (bicyclic) bond motifs is 2. The lowest BCUT2D eigenvalue weighted by atomic mass is 10.1. The van der Waals surface area contributed by atoms with Gasteiger partial charge in [0.1, 0.15) is 5.82 Å². The van der Waals surface area contributed by atoms with Gasteiger partial charge in [0.05, 0.1) is 17.2 Å². The van der Waals surface area contributed by atoms with Gasteiger partial charge in [0.25, 0.3) is 0 Å². The van der Waals surface area contributed by atoms with Gasteiger partial charge in [-0.05, 0) is 47.0 Å². The smallest absolute Gasteiger partial charge is 0.149 e. The van der Waals surface area contributed by atoms with E-state index in [-0.39, 0.29) is 0 Å². The number of hydrogen-bond acceptors (Lipinski definition) is 3. The normalized spacial score (nSPS) is 11.0. The highest BCUT2D eigenvalue weighted by atomic mass is 15.0. The fraction of sp³-hybridized carbons (Fsp3) is 0.100. The van der Waals surface area contributed by atoms with Gasteiger partial charge in [-0.3, -0.25) is 4.98 Å². The van der Waals surface area contributed by atoms with Crippen LogP contribution in [0.5, 0.6) is 0 Å². The molecule has 0 atom stereocenters. The molecule has 0 unspecified atom stereocenters. The summed E-state index contributed by atoms with van der Waals surface area (Å²) < 4.78 is 0. The summed E-state index contributed by atoms with van der Waals surface area (Å²) >= 11 is 0. The van der Waals surface area contributed by atoms with E-state index in [1.54, 1.807) is 6.20 Å². The average Bonchev–Trinajstić information content (AvgIpc) is 2.60. The summed E-state index contributed by atoms with van der Waals surface area (Å²) in [5, 5.41) is 5.69. The van der Waals surface area contributed by atoms with Gasteiger partial charge in [0.15, 0.2) is 0 Å². The maximum atomic E-state index is 4.69.